The van der Waals surface area contributed by atoms with Gasteiger partial charge in [0.1, 0.15) is 17.8 Å². The van der Waals surface area contributed by atoms with Gasteiger partial charge in [-0.3, -0.25) is 0 Å². The fraction of sp³-hybridized carbons (Fsp3) is 0.600. The van der Waals surface area contributed by atoms with Crippen LogP contribution in [0.15, 0.2) is 30.3 Å². The van der Waals surface area contributed by atoms with Gasteiger partial charge in [0.25, 0.3) is 0 Å². The Hall–Kier alpha value is -2.28. The summed E-state index contributed by atoms with van der Waals surface area (Å²) in [6, 6.07) is 9.41. The fourth-order valence-electron chi connectivity index (χ4n) is 3.10. The Balaban J connectivity index is 1.88. The van der Waals surface area contributed by atoms with Gasteiger partial charge in [0.05, 0.1) is 13.1 Å². The molecule has 150 valence electrons. The number of ether oxygens (including phenoxy) is 3. The Morgan fingerprint density at radius 3 is 2.52 bits per heavy atom. The van der Waals surface area contributed by atoms with Crippen molar-refractivity contribution in [2.75, 3.05) is 20.2 Å². The molecule has 1 saturated heterocycles. The molecule has 0 saturated carbocycles. The van der Waals surface area contributed by atoms with Gasteiger partial charge in [-0.05, 0) is 33.3 Å². The summed E-state index contributed by atoms with van der Waals surface area (Å²) in [5.74, 6) is 0. The second kappa shape index (κ2) is 8.61. The van der Waals surface area contributed by atoms with E-state index in [0.29, 0.717) is 13.0 Å². The van der Waals surface area contributed by atoms with Crippen LogP contribution in [0.4, 0.5) is 9.59 Å². The minimum absolute atomic E-state index is 0.0538. The Labute approximate surface area is 161 Å². The van der Waals surface area contributed by atoms with Crippen molar-refractivity contribution < 1.29 is 23.8 Å². The van der Waals surface area contributed by atoms with E-state index in [0.717, 1.165) is 5.56 Å². The zero-order chi connectivity index (χ0) is 20.1. The average molecular weight is 378 g/mol. The highest BCUT2D eigenvalue weighted by Crippen LogP contribution is 2.31. The molecule has 2 amide bonds. The lowest BCUT2D eigenvalue weighted by molar-refractivity contribution is -0.00891. The summed E-state index contributed by atoms with van der Waals surface area (Å²) >= 11 is 0. The predicted molar refractivity (Wildman–Crippen MR) is 101 cm³/mol. The number of methoxy groups -OCH3 is 1. The van der Waals surface area contributed by atoms with E-state index < -0.39 is 17.3 Å². The van der Waals surface area contributed by atoms with Crippen molar-refractivity contribution in [1.29, 1.82) is 0 Å². The molecular formula is C20H30N2O5. The normalized spacial score (nSPS) is 22.4. The van der Waals surface area contributed by atoms with Crippen LogP contribution in [-0.2, 0) is 20.8 Å². The third-order valence-corrected chi connectivity index (χ3v) is 4.49. The third kappa shape index (κ3) is 6.13. The van der Waals surface area contributed by atoms with Gasteiger partial charge in [0.2, 0.25) is 0 Å². The molecule has 0 radical (unpaired) electrons. The van der Waals surface area contributed by atoms with Gasteiger partial charge in [-0.15, -0.1) is 0 Å². The summed E-state index contributed by atoms with van der Waals surface area (Å²) in [5, 5.41) is 2.75. The molecule has 1 heterocycles. The van der Waals surface area contributed by atoms with E-state index in [1.54, 1.807) is 12.0 Å². The molecule has 27 heavy (non-hydrogen) atoms. The van der Waals surface area contributed by atoms with Crippen molar-refractivity contribution in [3.63, 3.8) is 0 Å². The van der Waals surface area contributed by atoms with Crippen LogP contribution in [0.3, 0.4) is 0 Å². The van der Waals surface area contributed by atoms with Crippen LogP contribution in [0.5, 0.6) is 0 Å². The molecule has 1 aromatic rings. The molecule has 2 rings (SSSR count). The minimum atomic E-state index is -0.665. The molecule has 7 nitrogen and oxygen atoms in total. The maximum absolute atomic E-state index is 12.4. The molecule has 0 aliphatic carbocycles. The van der Waals surface area contributed by atoms with Crippen molar-refractivity contribution in [3.05, 3.63) is 35.9 Å². The Kier molecular flexibility index (Phi) is 6.70. The van der Waals surface area contributed by atoms with Crippen LogP contribution in [0.1, 0.15) is 39.7 Å². The van der Waals surface area contributed by atoms with Gasteiger partial charge in [-0.25, -0.2) is 9.59 Å². The number of hydrogen-bond acceptors (Lipinski definition) is 5. The quantitative estimate of drug-likeness (QED) is 0.850. The summed E-state index contributed by atoms with van der Waals surface area (Å²) in [4.78, 5) is 26.1. The number of alkyl carbamates (subject to hydrolysis) is 1. The van der Waals surface area contributed by atoms with E-state index in [1.165, 1.54) is 0 Å². The molecule has 1 N–H and O–H groups in total. The lowest BCUT2D eigenvalue weighted by Crippen LogP contribution is -2.47. The Morgan fingerprint density at radius 1 is 1.26 bits per heavy atom. The zero-order valence-electron chi connectivity index (χ0n) is 16.8. The van der Waals surface area contributed by atoms with Crippen LogP contribution in [0.2, 0.25) is 0 Å². The lowest BCUT2D eigenvalue weighted by Gasteiger charge is -2.29. The molecule has 2 unspecified atom stereocenters. The SMILES string of the molecule is COC1(CNC(=O)OCc2ccccc2)CC(C)N(C(=O)OC(C)(C)C)C1. The number of carbonyl (C=O) groups is 2. The van der Waals surface area contributed by atoms with Crippen molar-refractivity contribution in [2.45, 2.75) is 58.0 Å². The number of hydrogen-bond donors (Lipinski definition) is 1. The number of carbonyl (C=O) groups excluding carboxylic acids is 2. The van der Waals surface area contributed by atoms with Crippen molar-refractivity contribution in [2.24, 2.45) is 0 Å². The van der Waals surface area contributed by atoms with E-state index in [2.05, 4.69) is 5.32 Å². The Bertz CT molecular complexity index is 644. The second-order valence-corrected chi connectivity index (χ2v) is 7.96. The first-order valence-corrected chi connectivity index (χ1v) is 9.13. The van der Waals surface area contributed by atoms with E-state index in [4.69, 9.17) is 14.2 Å². The van der Waals surface area contributed by atoms with Crippen LogP contribution in [-0.4, -0.2) is 54.5 Å². The number of likely N-dealkylation sites (tertiary alicyclic amines) is 1. The standard InChI is InChI=1S/C20H30N2O5/c1-15-11-20(25-5,14-22(15)18(24)27-19(2,3)4)13-21-17(23)26-12-16-9-7-6-8-10-16/h6-10,15H,11-14H2,1-5H3,(H,21,23). The summed E-state index contributed by atoms with van der Waals surface area (Å²) in [6.07, 6.45) is -0.291. The highest BCUT2D eigenvalue weighted by atomic mass is 16.6. The van der Waals surface area contributed by atoms with Crippen LogP contribution < -0.4 is 5.32 Å². The minimum Gasteiger partial charge on any atom is -0.445 e. The Morgan fingerprint density at radius 2 is 1.93 bits per heavy atom. The van der Waals surface area contributed by atoms with Crippen molar-refractivity contribution in [1.82, 2.24) is 10.2 Å². The average Bonchev–Trinajstić information content (AvgIpc) is 2.95. The van der Waals surface area contributed by atoms with Gasteiger partial charge in [-0.1, -0.05) is 30.3 Å². The molecule has 1 aliphatic heterocycles. The van der Waals surface area contributed by atoms with Crippen LogP contribution >= 0.6 is 0 Å². The first-order chi connectivity index (χ1) is 12.6. The topological polar surface area (TPSA) is 77.1 Å². The number of amides is 2. The molecule has 7 heteroatoms. The number of benzene rings is 1. The third-order valence-electron chi connectivity index (χ3n) is 4.49. The highest BCUT2D eigenvalue weighted by Gasteiger charge is 2.46. The maximum Gasteiger partial charge on any atom is 0.410 e. The van der Waals surface area contributed by atoms with Crippen LogP contribution in [0.25, 0.3) is 0 Å². The summed E-state index contributed by atoms with van der Waals surface area (Å²) in [6.45, 7) is 8.24. The molecule has 1 aliphatic rings. The summed E-state index contributed by atoms with van der Waals surface area (Å²) in [5.41, 5.74) is -0.309. The largest absolute Gasteiger partial charge is 0.445 e. The molecule has 1 fully saturated rings. The second-order valence-electron chi connectivity index (χ2n) is 7.96. The number of nitrogens with one attached hydrogen (secondary N) is 1. The van der Waals surface area contributed by atoms with E-state index >= 15 is 0 Å². The molecule has 2 atom stereocenters. The number of nitrogens with zero attached hydrogens (tertiary/aromatic N) is 1. The van der Waals surface area contributed by atoms with Crippen LogP contribution in [0, 0.1) is 0 Å². The van der Waals surface area contributed by atoms with Gasteiger partial charge in [0, 0.05) is 19.6 Å². The molecule has 0 aromatic heterocycles. The fourth-order valence-corrected chi connectivity index (χ4v) is 3.10. The smallest absolute Gasteiger partial charge is 0.410 e. The zero-order valence-corrected chi connectivity index (χ0v) is 16.8. The lowest BCUT2D eigenvalue weighted by atomic mass is 10.0. The summed E-state index contributed by atoms with van der Waals surface area (Å²) in [7, 11) is 1.59. The first-order valence-electron chi connectivity index (χ1n) is 9.13. The van der Waals surface area contributed by atoms with Gasteiger partial charge in [0.15, 0.2) is 0 Å². The first kappa shape index (κ1) is 21.0. The number of rotatable bonds is 5. The predicted octanol–water partition coefficient (Wildman–Crippen LogP) is 3.33. The van der Waals surface area contributed by atoms with Gasteiger partial charge in [-0.2, -0.15) is 0 Å². The highest BCUT2D eigenvalue weighted by molar-refractivity contribution is 5.69. The van der Waals surface area contributed by atoms with Gasteiger partial charge >= 0.3 is 12.2 Å². The van der Waals surface area contributed by atoms with Crippen molar-refractivity contribution >= 4 is 12.2 Å². The van der Waals surface area contributed by atoms with E-state index in [1.807, 2.05) is 58.0 Å². The molecule has 0 spiro atoms. The van der Waals surface area contributed by atoms with Crippen molar-refractivity contribution in [3.8, 4) is 0 Å². The summed E-state index contributed by atoms with van der Waals surface area (Å²) < 4.78 is 16.4. The molecule has 1 aromatic carbocycles. The van der Waals surface area contributed by atoms with E-state index in [9.17, 15) is 9.59 Å². The monoisotopic (exact) mass is 378 g/mol. The van der Waals surface area contributed by atoms with E-state index in [-0.39, 0.29) is 25.3 Å². The molecular weight excluding hydrogens is 348 g/mol. The van der Waals surface area contributed by atoms with Gasteiger partial charge < -0.3 is 24.4 Å². The maximum atomic E-state index is 12.4. The molecule has 0 bridgehead atoms.